The Balaban J connectivity index is 2.82. The Labute approximate surface area is 140 Å². The Morgan fingerprint density at radius 3 is 2.35 bits per heavy atom. The van der Waals surface area contributed by atoms with Gasteiger partial charge >= 0.3 is 0 Å². The van der Waals surface area contributed by atoms with Crippen molar-refractivity contribution >= 4 is 33.2 Å². The van der Waals surface area contributed by atoms with E-state index in [0.29, 0.717) is 6.54 Å². The van der Waals surface area contributed by atoms with Crippen LogP contribution in [0.3, 0.4) is 0 Å². The fourth-order valence-electron chi connectivity index (χ4n) is 1.83. The number of thiophene rings is 1. The number of carbonyl (C=O) groups is 2. The van der Waals surface area contributed by atoms with E-state index in [1.54, 1.807) is 39.1 Å². The predicted octanol–water partition coefficient (Wildman–Crippen LogP) is 0.692. The number of sulfonamides is 1. The number of nitrogens with one attached hydrogen (secondary N) is 3. The molecule has 0 aliphatic carbocycles. The van der Waals surface area contributed by atoms with Crippen LogP contribution in [0.4, 0.5) is 0 Å². The number of hydrogen-bond acceptors (Lipinski definition) is 5. The molecule has 0 saturated carbocycles. The van der Waals surface area contributed by atoms with Crippen molar-refractivity contribution in [1.82, 2.24) is 15.4 Å². The quantitative estimate of drug-likeness (QED) is 0.634. The molecule has 23 heavy (non-hydrogen) atoms. The lowest BCUT2D eigenvalue weighted by atomic mass is 10.0. The molecule has 3 N–H and O–H groups in total. The van der Waals surface area contributed by atoms with Crippen molar-refractivity contribution in [3.8, 4) is 0 Å². The Kier molecular flexibility index (Phi) is 7.17. The number of hydrogen-bond donors (Lipinski definition) is 3. The summed E-state index contributed by atoms with van der Waals surface area (Å²) in [6.07, 6.45) is 0. The van der Waals surface area contributed by atoms with Crippen molar-refractivity contribution in [3.63, 3.8) is 0 Å². The summed E-state index contributed by atoms with van der Waals surface area (Å²) >= 11 is 1.07. The van der Waals surface area contributed by atoms with Crippen LogP contribution in [0.2, 0.25) is 0 Å². The van der Waals surface area contributed by atoms with Gasteiger partial charge in [-0.25, -0.2) is 8.42 Å². The SMILES string of the molecule is CCNC(=O)[C@H](C)NC(=O)[C@@H](NS(=O)(=O)c1cccs1)C(C)C. The summed E-state index contributed by atoms with van der Waals surface area (Å²) in [5.41, 5.74) is 0. The van der Waals surface area contributed by atoms with Gasteiger partial charge in [0, 0.05) is 6.54 Å². The molecule has 0 spiro atoms. The normalized spacial score (nSPS) is 14.3. The van der Waals surface area contributed by atoms with Crippen LogP contribution in [0.25, 0.3) is 0 Å². The zero-order valence-electron chi connectivity index (χ0n) is 13.6. The molecule has 1 aromatic heterocycles. The van der Waals surface area contributed by atoms with E-state index in [-0.39, 0.29) is 16.0 Å². The van der Waals surface area contributed by atoms with Crippen LogP contribution in [0, 0.1) is 5.92 Å². The topological polar surface area (TPSA) is 104 Å². The second-order valence-corrected chi connectivity index (χ2v) is 8.29. The zero-order valence-corrected chi connectivity index (χ0v) is 15.3. The molecule has 0 saturated heterocycles. The maximum Gasteiger partial charge on any atom is 0.250 e. The van der Waals surface area contributed by atoms with Crippen LogP contribution in [-0.2, 0) is 19.6 Å². The average Bonchev–Trinajstić information content (AvgIpc) is 2.99. The Hall–Kier alpha value is -1.45. The highest BCUT2D eigenvalue weighted by Gasteiger charge is 2.30. The Morgan fingerprint density at radius 1 is 1.22 bits per heavy atom. The maximum atomic E-state index is 12.3. The van der Waals surface area contributed by atoms with Gasteiger partial charge in [-0.1, -0.05) is 19.9 Å². The smallest absolute Gasteiger partial charge is 0.250 e. The van der Waals surface area contributed by atoms with Crippen molar-refractivity contribution in [1.29, 1.82) is 0 Å². The van der Waals surface area contributed by atoms with E-state index >= 15 is 0 Å². The first-order valence-corrected chi connectivity index (χ1v) is 9.69. The third-order valence-electron chi connectivity index (χ3n) is 3.09. The van der Waals surface area contributed by atoms with Gasteiger partial charge in [0.1, 0.15) is 16.3 Å². The highest BCUT2D eigenvalue weighted by Crippen LogP contribution is 2.17. The lowest BCUT2D eigenvalue weighted by molar-refractivity contribution is -0.129. The third kappa shape index (κ3) is 5.60. The van der Waals surface area contributed by atoms with Gasteiger partial charge in [-0.2, -0.15) is 4.72 Å². The van der Waals surface area contributed by atoms with Crippen molar-refractivity contribution in [2.24, 2.45) is 5.92 Å². The number of amides is 2. The molecule has 0 aliphatic rings. The Bertz CT molecular complexity index is 626. The van der Waals surface area contributed by atoms with Crippen LogP contribution < -0.4 is 15.4 Å². The minimum absolute atomic E-state index is 0.146. The molecule has 7 nitrogen and oxygen atoms in total. The highest BCUT2D eigenvalue weighted by molar-refractivity contribution is 7.91. The summed E-state index contributed by atoms with van der Waals surface area (Å²) in [5, 5.41) is 6.79. The summed E-state index contributed by atoms with van der Waals surface area (Å²) in [5.74, 6) is -1.12. The Morgan fingerprint density at radius 2 is 1.87 bits per heavy atom. The molecule has 9 heteroatoms. The fourth-order valence-corrected chi connectivity index (χ4v) is 4.18. The molecular weight excluding hydrogens is 338 g/mol. The standard InChI is InChI=1S/C14H23N3O4S2/c1-5-15-13(18)10(4)16-14(19)12(9(2)3)17-23(20,21)11-7-6-8-22-11/h6-10,12,17H,5H2,1-4H3,(H,15,18)(H,16,19)/t10-,12-/m0/s1. The van der Waals surface area contributed by atoms with Gasteiger partial charge in [-0.15, -0.1) is 11.3 Å². The van der Waals surface area contributed by atoms with Crippen LogP contribution in [0.5, 0.6) is 0 Å². The highest BCUT2D eigenvalue weighted by atomic mass is 32.2. The van der Waals surface area contributed by atoms with E-state index in [2.05, 4.69) is 15.4 Å². The molecule has 0 fully saturated rings. The van der Waals surface area contributed by atoms with E-state index in [9.17, 15) is 18.0 Å². The monoisotopic (exact) mass is 361 g/mol. The van der Waals surface area contributed by atoms with E-state index in [0.717, 1.165) is 11.3 Å². The van der Waals surface area contributed by atoms with Crippen molar-refractivity contribution in [2.75, 3.05) is 6.54 Å². The second kappa shape index (κ2) is 8.42. The summed E-state index contributed by atoms with van der Waals surface area (Å²) in [7, 11) is -3.77. The lowest BCUT2D eigenvalue weighted by Gasteiger charge is -2.23. The van der Waals surface area contributed by atoms with Gasteiger partial charge in [0.05, 0.1) is 0 Å². The molecule has 0 bridgehead atoms. The molecule has 0 unspecified atom stereocenters. The summed E-state index contributed by atoms with van der Waals surface area (Å²) in [6.45, 7) is 7.25. The number of rotatable bonds is 8. The van der Waals surface area contributed by atoms with Crippen LogP contribution >= 0.6 is 11.3 Å². The first-order chi connectivity index (χ1) is 10.7. The molecule has 2 amide bonds. The van der Waals surface area contributed by atoms with E-state index in [1.807, 2.05) is 0 Å². The van der Waals surface area contributed by atoms with Crippen LogP contribution in [0.15, 0.2) is 21.7 Å². The second-order valence-electron chi connectivity index (χ2n) is 5.40. The minimum Gasteiger partial charge on any atom is -0.355 e. The molecule has 0 aliphatic heterocycles. The van der Waals surface area contributed by atoms with E-state index in [4.69, 9.17) is 0 Å². The molecule has 1 aromatic rings. The minimum atomic E-state index is -3.77. The number of likely N-dealkylation sites (N-methyl/N-ethyl adjacent to an activating group) is 1. The van der Waals surface area contributed by atoms with Gasteiger partial charge in [-0.05, 0) is 31.2 Å². The maximum absolute atomic E-state index is 12.3. The summed E-state index contributed by atoms with van der Waals surface area (Å²) in [6, 6.07) is 1.40. The molecule has 0 aromatic carbocycles. The zero-order chi connectivity index (χ0) is 17.6. The van der Waals surface area contributed by atoms with Crippen LogP contribution in [-0.4, -0.2) is 38.9 Å². The molecule has 1 heterocycles. The van der Waals surface area contributed by atoms with E-state index < -0.39 is 28.0 Å². The number of carbonyl (C=O) groups excluding carboxylic acids is 2. The van der Waals surface area contributed by atoms with Crippen molar-refractivity contribution in [2.45, 2.75) is 44.0 Å². The predicted molar refractivity (Wildman–Crippen MR) is 89.6 cm³/mol. The molecule has 130 valence electrons. The largest absolute Gasteiger partial charge is 0.355 e. The molecular formula is C14H23N3O4S2. The van der Waals surface area contributed by atoms with Crippen LogP contribution in [0.1, 0.15) is 27.7 Å². The van der Waals surface area contributed by atoms with Gasteiger partial charge < -0.3 is 10.6 Å². The average molecular weight is 361 g/mol. The first-order valence-electron chi connectivity index (χ1n) is 7.33. The van der Waals surface area contributed by atoms with Crippen molar-refractivity contribution < 1.29 is 18.0 Å². The molecule has 2 atom stereocenters. The van der Waals surface area contributed by atoms with Gasteiger partial charge in [0.15, 0.2) is 0 Å². The van der Waals surface area contributed by atoms with Gasteiger partial charge in [-0.3, -0.25) is 9.59 Å². The van der Waals surface area contributed by atoms with Gasteiger partial charge in [0.25, 0.3) is 10.0 Å². The third-order valence-corrected chi connectivity index (χ3v) is 5.93. The summed E-state index contributed by atoms with van der Waals surface area (Å²) in [4.78, 5) is 24.0. The van der Waals surface area contributed by atoms with Gasteiger partial charge in [0.2, 0.25) is 11.8 Å². The molecule has 0 radical (unpaired) electrons. The van der Waals surface area contributed by atoms with E-state index in [1.165, 1.54) is 6.07 Å². The molecule has 1 rings (SSSR count). The lowest BCUT2D eigenvalue weighted by Crippen LogP contribution is -2.54. The summed E-state index contributed by atoms with van der Waals surface area (Å²) < 4.78 is 27.1. The fraction of sp³-hybridized carbons (Fsp3) is 0.571. The first kappa shape index (κ1) is 19.6. The van der Waals surface area contributed by atoms with Crippen molar-refractivity contribution in [3.05, 3.63) is 17.5 Å².